The maximum atomic E-state index is 12.5. The van der Waals surface area contributed by atoms with Gasteiger partial charge in [0.2, 0.25) is 5.91 Å². The highest BCUT2D eigenvalue weighted by Crippen LogP contribution is 2.18. The molecule has 0 bridgehead atoms. The minimum Gasteiger partial charge on any atom is -0.394 e. The van der Waals surface area contributed by atoms with E-state index in [1.165, 1.54) is 270 Å². The van der Waals surface area contributed by atoms with Gasteiger partial charge in [-0.2, -0.15) is 0 Å². The highest BCUT2D eigenvalue weighted by atomic mass is 16.3. The third-order valence-corrected chi connectivity index (χ3v) is 13.9. The standard InChI is InChI=1S/C58H115NO4/c1-3-5-7-9-11-13-15-17-19-21-23-25-27-28-29-30-31-33-35-37-39-41-43-45-47-49-51-53-57(62)59-55(54-60)58(63)56(61)52-50-48-46-44-42-40-38-36-34-32-26-24-22-20-18-16-14-12-10-8-6-4-2/h28-29,55-56,58,60-61,63H,3-27,30-54H2,1-2H3,(H,59,62)/b29-28-. The number of hydrogen-bond acceptors (Lipinski definition) is 4. The molecule has 0 radical (unpaired) electrons. The van der Waals surface area contributed by atoms with Crippen LogP contribution in [0.25, 0.3) is 0 Å². The number of hydrogen-bond donors (Lipinski definition) is 4. The highest BCUT2D eigenvalue weighted by molar-refractivity contribution is 5.76. The molecule has 0 heterocycles. The molecule has 0 saturated heterocycles. The Morgan fingerprint density at radius 1 is 0.381 bits per heavy atom. The molecule has 5 nitrogen and oxygen atoms in total. The van der Waals surface area contributed by atoms with Crippen molar-refractivity contribution in [2.75, 3.05) is 6.61 Å². The molecule has 0 aromatic heterocycles. The second kappa shape index (κ2) is 53.7. The summed E-state index contributed by atoms with van der Waals surface area (Å²) in [5.74, 6) is -0.139. The number of unbranched alkanes of at least 4 members (excludes halogenated alkanes) is 44. The molecular weight excluding hydrogens is 775 g/mol. The van der Waals surface area contributed by atoms with E-state index in [9.17, 15) is 20.1 Å². The molecule has 4 N–H and O–H groups in total. The second-order valence-electron chi connectivity index (χ2n) is 20.2. The lowest BCUT2D eigenvalue weighted by Crippen LogP contribution is -2.50. The third kappa shape index (κ3) is 48.8. The predicted octanol–water partition coefficient (Wildman–Crippen LogP) is 17.9. The van der Waals surface area contributed by atoms with E-state index in [1.807, 2.05) is 0 Å². The maximum Gasteiger partial charge on any atom is 0.220 e. The van der Waals surface area contributed by atoms with Crippen LogP contribution in [0.15, 0.2) is 12.2 Å². The first kappa shape index (κ1) is 62.1. The van der Waals surface area contributed by atoms with E-state index in [0.717, 1.165) is 32.1 Å². The van der Waals surface area contributed by atoms with E-state index in [1.54, 1.807) is 0 Å². The van der Waals surface area contributed by atoms with E-state index in [2.05, 4.69) is 31.3 Å². The third-order valence-electron chi connectivity index (χ3n) is 13.9. The quantitative estimate of drug-likeness (QED) is 0.0362. The van der Waals surface area contributed by atoms with Crippen LogP contribution in [0, 0.1) is 0 Å². The van der Waals surface area contributed by atoms with Crippen LogP contribution in [0.4, 0.5) is 0 Å². The molecule has 376 valence electrons. The Bertz CT molecular complexity index is 894. The molecule has 0 aliphatic carbocycles. The zero-order valence-corrected chi connectivity index (χ0v) is 43.0. The number of amides is 1. The Kier molecular flexibility index (Phi) is 52.9. The van der Waals surface area contributed by atoms with Crippen LogP contribution in [0.1, 0.15) is 328 Å². The lowest BCUT2D eigenvalue weighted by molar-refractivity contribution is -0.124. The van der Waals surface area contributed by atoms with Gasteiger partial charge < -0.3 is 20.6 Å². The van der Waals surface area contributed by atoms with Crippen molar-refractivity contribution in [1.82, 2.24) is 5.32 Å². The van der Waals surface area contributed by atoms with Crippen LogP contribution in [0.2, 0.25) is 0 Å². The summed E-state index contributed by atoms with van der Waals surface area (Å²) in [6.45, 7) is 4.22. The van der Waals surface area contributed by atoms with Crippen LogP contribution in [0.3, 0.4) is 0 Å². The molecule has 1 amide bonds. The highest BCUT2D eigenvalue weighted by Gasteiger charge is 2.26. The van der Waals surface area contributed by atoms with Crippen molar-refractivity contribution in [2.45, 2.75) is 347 Å². The van der Waals surface area contributed by atoms with Gasteiger partial charge in [-0.15, -0.1) is 0 Å². The first-order valence-corrected chi connectivity index (χ1v) is 29.0. The monoisotopic (exact) mass is 890 g/mol. The first-order valence-electron chi connectivity index (χ1n) is 29.0. The Hall–Kier alpha value is -0.910. The average Bonchev–Trinajstić information content (AvgIpc) is 3.29. The predicted molar refractivity (Wildman–Crippen MR) is 278 cm³/mol. The number of allylic oxidation sites excluding steroid dienone is 2. The molecule has 3 atom stereocenters. The summed E-state index contributed by atoms with van der Waals surface area (Å²) in [5, 5.41) is 33.8. The molecule has 0 aromatic carbocycles. The van der Waals surface area contributed by atoms with Crippen molar-refractivity contribution in [3.05, 3.63) is 12.2 Å². The van der Waals surface area contributed by atoms with Gasteiger partial charge >= 0.3 is 0 Å². The number of rotatable bonds is 54. The zero-order valence-electron chi connectivity index (χ0n) is 43.0. The lowest BCUT2D eigenvalue weighted by atomic mass is 9.99. The van der Waals surface area contributed by atoms with Crippen molar-refractivity contribution >= 4 is 5.91 Å². The van der Waals surface area contributed by atoms with Gasteiger partial charge in [-0.1, -0.05) is 296 Å². The molecule has 0 spiro atoms. The van der Waals surface area contributed by atoms with E-state index >= 15 is 0 Å². The van der Waals surface area contributed by atoms with Gasteiger partial charge in [-0.25, -0.2) is 0 Å². The summed E-state index contributed by atoms with van der Waals surface area (Å²) < 4.78 is 0. The number of nitrogens with one attached hydrogen (secondary N) is 1. The fourth-order valence-electron chi connectivity index (χ4n) is 9.40. The van der Waals surface area contributed by atoms with Crippen LogP contribution in [-0.4, -0.2) is 46.1 Å². The summed E-state index contributed by atoms with van der Waals surface area (Å²) in [5.41, 5.74) is 0. The number of aliphatic hydroxyl groups is 3. The van der Waals surface area contributed by atoms with Crippen molar-refractivity contribution in [3.63, 3.8) is 0 Å². The fourth-order valence-corrected chi connectivity index (χ4v) is 9.40. The summed E-state index contributed by atoms with van der Waals surface area (Å²) >= 11 is 0. The summed E-state index contributed by atoms with van der Waals surface area (Å²) in [6, 6.07) is -0.808. The van der Waals surface area contributed by atoms with E-state index in [-0.39, 0.29) is 12.5 Å². The number of carbonyl (C=O) groups is 1. The molecule has 0 fully saturated rings. The Balaban J connectivity index is 3.51. The van der Waals surface area contributed by atoms with Crippen LogP contribution >= 0.6 is 0 Å². The van der Waals surface area contributed by atoms with Crippen molar-refractivity contribution in [2.24, 2.45) is 0 Å². The van der Waals surface area contributed by atoms with E-state index < -0.39 is 18.2 Å². The molecule has 63 heavy (non-hydrogen) atoms. The first-order chi connectivity index (χ1) is 31.1. The van der Waals surface area contributed by atoms with Gasteiger partial charge in [0, 0.05) is 6.42 Å². The Labute approximate surface area is 395 Å². The van der Waals surface area contributed by atoms with Crippen LogP contribution < -0.4 is 5.32 Å². The summed E-state index contributed by atoms with van der Waals surface area (Å²) in [4.78, 5) is 12.5. The molecule has 0 aliphatic heterocycles. The van der Waals surface area contributed by atoms with E-state index in [4.69, 9.17) is 0 Å². The van der Waals surface area contributed by atoms with Crippen molar-refractivity contribution in [1.29, 1.82) is 0 Å². The lowest BCUT2D eigenvalue weighted by Gasteiger charge is -2.26. The van der Waals surface area contributed by atoms with Crippen molar-refractivity contribution < 1.29 is 20.1 Å². The van der Waals surface area contributed by atoms with Gasteiger partial charge in [-0.3, -0.25) is 4.79 Å². The molecule has 3 unspecified atom stereocenters. The molecule has 5 heteroatoms. The molecule has 0 rings (SSSR count). The van der Waals surface area contributed by atoms with Gasteiger partial charge in [-0.05, 0) is 38.5 Å². The summed E-state index contributed by atoms with van der Waals surface area (Å²) in [6.07, 6.45) is 66.5. The molecule has 0 saturated carbocycles. The van der Waals surface area contributed by atoms with Gasteiger partial charge in [0.1, 0.15) is 6.10 Å². The number of carbonyl (C=O) groups excluding carboxylic acids is 1. The second-order valence-corrected chi connectivity index (χ2v) is 20.2. The normalized spacial score (nSPS) is 13.3. The topological polar surface area (TPSA) is 89.8 Å². The molecule has 0 aliphatic rings. The zero-order chi connectivity index (χ0) is 45.8. The Morgan fingerprint density at radius 2 is 0.635 bits per heavy atom. The smallest absolute Gasteiger partial charge is 0.220 e. The SMILES string of the molecule is CCCCCCCCCCCCCC/C=C\CCCCCCCCCCCCCC(=O)NC(CO)C(O)C(O)CCCCCCCCCCCCCCCCCCCCCCCC. The van der Waals surface area contributed by atoms with Gasteiger partial charge in [0.15, 0.2) is 0 Å². The number of aliphatic hydroxyl groups excluding tert-OH is 3. The van der Waals surface area contributed by atoms with E-state index in [0.29, 0.717) is 12.8 Å². The fraction of sp³-hybridized carbons (Fsp3) is 0.948. The minimum absolute atomic E-state index is 0.139. The van der Waals surface area contributed by atoms with Gasteiger partial charge in [0.25, 0.3) is 0 Å². The van der Waals surface area contributed by atoms with Crippen LogP contribution in [0.5, 0.6) is 0 Å². The van der Waals surface area contributed by atoms with Gasteiger partial charge in [0.05, 0.1) is 18.8 Å². The maximum absolute atomic E-state index is 12.5. The summed E-state index contributed by atoms with van der Waals surface area (Å²) in [7, 11) is 0. The minimum atomic E-state index is -1.13. The van der Waals surface area contributed by atoms with Crippen LogP contribution in [-0.2, 0) is 4.79 Å². The average molecular weight is 891 g/mol. The van der Waals surface area contributed by atoms with Crippen molar-refractivity contribution in [3.8, 4) is 0 Å². The molecular formula is C58H115NO4. The molecule has 0 aromatic rings. The largest absolute Gasteiger partial charge is 0.394 e. The Morgan fingerprint density at radius 3 is 0.921 bits per heavy atom.